The van der Waals surface area contributed by atoms with Gasteiger partial charge in [0.2, 0.25) is 0 Å². The summed E-state index contributed by atoms with van der Waals surface area (Å²) in [6.45, 7) is 0. The zero-order chi connectivity index (χ0) is 4.50. The van der Waals surface area contributed by atoms with Crippen molar-refractivity contribution in [3.05, 3.63) is 0 Å². The summed E-state index contributed by atoms with van der Waals surface area (Å²) in [7, 11) is 0. The lowest BCUT2D eigenvalue weighted by molar-refractivity contribution is 1.65. The lowest BCUT2D eigenvalue weighted by Gasteiger charge is -1.83. The van der Waals surface area contributed by atoms with E-state index < -0.39 is 3.16 Å². The van der Waals surface area contributed by atoms with Gasteiger partial charge in [-0.1, -0.05) is 0 Å². The van der Waals surface area contributed by atoms with Crippen LogP contribution in [0.4, 0.5) is 0 Å². The molecule has 0 atom stereocenters. The van der Waals surface area contributed by atoms with E-state index in [9.17, 15) is 0 Å². The molecule has 5 heavy (non-hydrogen) atoms. The Morgan fingerprint density at radius 1 is 1.20 bits per heavy atom. The molecule has 0 aliphatic rings. The van der Waals surface area contributed by atoms with Gasteiger partial charge in [-0.25, -0.2) is 0 Å². The standard InChI is InChI=1S/Br3HNP/c1-5(2,3)4/h4H. The Labute approximate surface area is 54.6 Å². The Morgan fingerprint density at radius 2 is 1.20 bits per heavy atom. The van der Waals surface area contributed by atoms with Crippen LogP contribution >= 0.6 is 49.6 Å². The van der Waals surface area contributed by atoms with Gasteiger partial charge in [-0.15, -0.1) is 0 Å². The second-order valence-electron chi connectivity index (χ2n) is 0.445. The predicted octanol–water partition coefficient (Wildman–Crippen LogP) is 3.70. The van der Waals surface area contributed by atoms with Gasteiger partial charge in [-0.2, -0.15) is 0 Å². The maximum atomic E-state index is 6.80. The van der Waals surface area contributed by atoms with Crippen molar-refractivity contribution in [2.75, 3.05) is 0 Å². The first-order valence-electron chi connectivity index (χ1n) is 0.731. The van der Waals surface area contributed by atoms with Crippen molar-refractivity contribution in [2.45, 2.75) is 0 Å². The predicted molar refractivity (Wildman–Crippen MR) is 36.4 cm³/mol. The summed E-state index contributed by atoms with van der Waals surface area (Å²) in [5, 5.41) is 6.80. The van der Waals surface area contributed by atoms with Crippen LogP contribution in [0.3, 0.4) is 0 Å². The molecule has 0 heterocycles. The quantitative estimate of drug-likeness (QED) is 0.656. The van der Waals surface area contributed by atoms with Gasteiger partial charge in [0.15, 0.2) is 3.16 Å². The molecule has 0 aromatic heterocycles. The minimum absolute atomic E-state index is 1.70. The van der Waals surface area contributed by atoms with Gasteiger partial charge < -0.3 is 0 Å². The SMILES string of the molecule is N=P(Br)(Br)Br. The Morgan fingerprint density at radius 3 is 1.20 bits per heavy atom. The second kappa shape index (κ2) is 2.10. The van der Waals surface area contributed by atoms with E-state index in [-0.39, 0.29) is 0 Å². The summed E-state index contributed by atoms with van der Waals surface area (Å²) >= 11 is 8.96. The number of rotatable bonds is 0. The first-order valence-corrected chi connectivity index (χ1v) is 8.58. The Kier molecular flexibility index (Phi) is 2.80. The van der Waals surface area contributed by atoms with Crippen molar-refractivity contribution >= 4 is 49.6 Å². The molecule has 0 aromatic rings. The molecule has 32 valence electrons. The Bertz CT molecular complexity index is 53.0. The third-order valence-electron chi connectivity index (χ3n) is 0. The highest BCUT2D eigenvalue weighted by Gasteiger charge is 1.92. The average molecular weight is 286 g/mol. The molecule has 0 bridgehead atoms. The summed E-state index contributed by atoms with van der Waals surface area (Å²) in [4.78, 5) is 0. The summed E-state index contributed by atoms with van der Waals surface area (Å²) in [6, 6.07) is 0. The van der Waals surface area contributed by atoms with E-state index in [0.29, 0.717) is 0 Å². The van der Waals surface area contributed by atoms with E-state index in [4.69, 9.17) is 5.16 Å². The first-order chi connectivity index (χ1) is 2.00. The van der Waals surface area contributed by atoms with Gasteiger partial charge in [-0.05, 0) is 46.5 Å². The van der Waals surface area contributed by atoms with Crippen LogP contribution in [0.15, 0.2) is 0 Å². The topological polar surface area (TPSA) is 23.9 Å². The van der Waals surface area contributed by atoms with Crippen LogP contribution in [0.1, 0.15) is 0 Å². The molecule has 0 radical (unpaired) electrons. The van der Waals surface area contributed by atoms with E-state index in [0.717, 1.165) is 0 Å². The number of halogens is 3. The minimum Gasteiger partial charge on any atom is -0.288 e. The fourth-order valence-electron chi connectivity index (χ4n) is 0. The summed E-state index contributed by atoms with van der Waals surface area (Å²) in [5.41, 5.74) is 0. The molecule has 5 heteroatoms. The van der Waals surface area contributed by atoms with Crippen molar-refractivity contribution in [3.8, 4) is 0 Å². The molecule has 0 aliphatic heterocycles. The lowest BCUT2D eigenvalue weighted by Crippen LogP contribution is -1.10. The van der Waals surface area contributed by atoms with E-state index in [1.807, 2.05) is 0 Å². The highest BCUT2D eigenvalue weighted by atomic mass is 80.0. The second-order valence-corrected chi connectivity index (χ2v) is 19.5. The van der Waals surface area contributed by atoms with Gasteiger partial charge in [-0.3, -0.25) is 5.16 Å². The fourth-order valence-corrected chi connectivity index (χ4v) is 0. The van der Waals surface area contributed by atoms with Crippen molar-refractivity contribution in [1.82, 2.24) is 0 Å². The van der Waals surface area contributed by atoms with Crippen LogP contribution < -0.4 is 0 Å². The summed E-state index contributed by atoms with van der Waals surface area (Å²) < 4.78 is -1.70. The van der Waals surface area contributed by atoms with E-state index in [1.165, 1.54) is 0 Å². The zero-order valence-corrected chi connectivity index (χ0v) is 7.73. The van der Waals surface area contributed by atoms with Gasteiger partial charge in [0.05, 0.1) is 0 Å². The van der Waals surface area contributed by atoms with Crippen LogP contribution in [0.5, 0.6) is 0 Å². The third-order valence-corrected chi connectivity index (χ3v) is 0. The van der Waals surface area contributed by atoms with Gasteiger partial charge in [0.1, 0.15) is 0 Å². The molecule has 0 rings (SSSR count). The van der Waals surface area contributed by atoms with Crippen LogP contribution in [-0.4, -0.2) is 0 Å². The maximum Gasteiger partial charge on any atom is 0.152 e. The third kappa shape index (κ3) is 27.4. The lowest BCUT2D eigenvalue weighted by atomic mass is 14.0. The molecule has 1 nitrogen and oxygen atoms in total. The van der Waals surface area contributed by atoms with E-state index in [1.54, 1.807) is 0 Å². The molecule has 0 amide bonds. The summed E-state index contributed by atoms with van der Waals surface area (Å²) in [6.07, 6.45) is 0. The molecule has 0 aromatic carbocycles. The van der Waals surface area contributed by atoms with Crippen LogP contribution in [-0.2, 0) is 0 Å². The van der Waals surface area contributed by atoms with Crippen molar-refractivity contribution in [2.24, 2.45) is 0 Å². The maximum absolute atomic E-state index is 6.80. The first kappa shape index (κ1) is 6.67. The Balaban J connectivity index is 3.47. The van der Waals surface area contributed by atoms with Crippen molar-refractivity contribution in [1.29, 1.82) is 5.16 Å². The number of hydrogen-bond donors (Lipinski definition) is 1. The Hall–Kier alpha value is 1.67. The van der Waals surface area contributed by atoms with Gasteiger partial charge >= 0.3 is 0 Å². The monoisotopic (exact) mass is 283 g/mol. The molecular formula is HBr3NP. The molecule has 0 saturated heterocycles. The fraction of sp³-hybridized carbons (Fsp3) is 0. The van der Waals surface area contributed by atoms with Crippen LogP contribution in [0, 0.1) is 5.16 Å². The van der Waals surface area contributed by atoms with E-state index >= 15 is 0 Å². The highest BCUT2D eigenvalue weighted by Crippen LogP contribution is 2.69. The minimum atomic E-state index is -1.70. The van der Waals surface area contributed by atoms with Crippen LogP contribution in [0.25, 0.3) is 0 Å². The molecule has 0 unspecified atom stereocenters. The van der Waals surface area contributed by atoms with Crippen LogP contribution in [0.2, 0.25) is 0 Å². The van der Waals surface area contributed by atoms with Crippen molar-refractivity contribution in [3.63, 3.8) is 0 Å². The zero-order valence-electron chi connectivity index (χ0n) is 2.08. The van der Waals surface area contributed by atoms with Gasteiger partial charge in [0, 0.05) is 0 Å². The summed E-state index contributed by atoms with van der Waals surface area (Å²) in [5.74, 6) is 0. The normalized spacial score (nSPS) is 11.8. The largest absolute Gasteiger partial charge is 0.288 e. The van der Waals surface area contributed by atoms with Crippen molar-refractivity contribution < 1.29 is 0 Å². The molecule has 0 saturated carbocycles. The average Bonchev–Trinajstić information content (AvgIpc) is 0.722. The van der Waals surface area contributed by atoms with E-state index in [2.05, 4.69) is 46.5 Å². The highest BCUT2D eigenvalue weighted by molar-refractivity contribution is 9.94. The number of hydrogen-bond acceptors (Lipinski definition) is 1. The smallest absolute Gasteiger partial charge is 0.152 e. The molecule has 0 spiro atoms. The molecule has 0 aliphatic carbocycles. The molecule has 0 fully saturated rings. The molecule has 1 N–H and O–H groups in total. The number of nitrogens with one attached hydrogen (secondary N) is 1. The van der Waals surface area contributed by atoms with Gasteiger partial charge in [0.25, 0.3) is 0 Å². The molecular weight excluding hydrogens is 285 g/mol.